The second-order valence-electron chi connectivity index (χ2n) is 5.71. The predicted molar refractivity (Wildman–Crippen MR) is 102 cm³/mol. The first kappa shape index (κ1) is 15.5. The fourth-order valence-electron chi connectivity index (χ4n) is 2.89. The lowest BCUT2D eigenvalue weighted by Gasteiger charge is -2.14. The van der Waals surface area contributed by atoms with Crippen LogP contribution in [-0.2, 0) is 0 Å². The third kappa shape index (κ3) is 2.92. The summed E-state index contributed by atoms with van der Waals surface area (Å²) in [5.41, 5.74) is 3.30. The number of ether oxygens (including phenoxy) is 1. The number of pyridine rings is 1. The molecular formula is C20H15ClN2O2. The number of anilines is 2. The van der Waals surface area contributed by atoms with Gasteiger partial charge in [0, 0.05) is 27.5 Å². The van der Waals surface area contributed by atoms with Crippen molar-refractivity contribution in [1.29, 1.82) is 0 Å². The van der Waals surface area contributed by atoms with Gasteiger partial charge < -0.3 is 15.2 Å². The Balaban J connectivity index is 2.01. The number of aromatic hydroxyl groups is 1. The fraction of sp³-hybridized carbons (Fsp3) is 0.0500. The van der Waals surface area contributed by atoms with Crippen molar-refractivity contribution in [2.24, 2.45) is 0 Å². The Bertz CT molecular complexity index is 1100. The highest BCUT2D eigenvalue weighted by Gasteiger charge is 2.11. The first-order chi connectivity index (χ1) is 12.1. The van der Waals surface area contributed by atoms with Gasteiger partial charge in [-0.1, -0.05) is 17.7 Å². The van der Waals surface area contributed by atoms with Crippen LogP contribution in [0.2, 0.25) is 5.02 Å². The zero-order valence-electron chi connectivity index (χ0n) is 13.5. The van der Waals surface area contributed by atoms with Crippen LogP contribution in [0.3, 0.4) is 0 Å². The van der Waals surface area contributed by atoms with Gasteiger partial charge in [0.25, 0.3) is 0 Å². The maximum Gasteiger partial charge on any atom is 0.119 e. The van der Waals surface area contributed by atoms with Gasteiger partial charge in [-0.05, 0) is 48.5 Å². The molecule has 0 amide bonds. The summed E-state index contributed by atoms with van der Waals surface area (Å²) in [5.74, 6) is 0.954. The molecule has 0 fully saturated rings. The summed E-state index contributed by atoms with van der Waals surface area (Å²) in [6.07, 6.45) is 0. The van der Waals surface area contributed by atoms with Crippen molar-refractivity contribution >= 4 is 44.8 Å². The van der Waals surface area contributed by atoms with Gasteiger partial charge in [0.05, 0.1) is 23.8 Å². The third-order valence-electron chi connectivity index (χ3n) is 4.06. The standard InChI is InChI=1S/C20H15ClN2O2/c1-25-15-6-8-18-17(11-15)20(22-13-3-2-4-14(24)10-13)16-7-5-12(21)9-19(16)23-18/h2-11,24H,1H3,(H,22,23). The van der Waals surface area contributed by atoms with Gasteiger partial charge in [-0.2, -0.15) is 0 Å². The van der Waals surface area contributed by atoms with E-state index in [9.17, 15) is 5.11 Å². The molecule has 0 aliphatic carbocycles. The van der Waals surface area contributed by atoms with Gasteiger partial charge in [-0.3, -0.25) is 0 Å². The molecule has 4 nitrogen and oxygen atoms in total. The molecule has 0 spiro atoms. The Hall–Kier alpha value is -2.98. The van der Waals surface area contributed by atoms with Crippen LogP contribution < -0.4 is 10.1 Å². The van der Waals surface area contributed by atoms with Crippen LogP contribution in [-0.4, -0.2) is 17.2 Å². The molecule has 5 heteroatoms. The quantitative estimate of drug-likeness (QED) is 0.479. The van der Waals surface area contributed by atoms with Gasteiger partial charge in [-0.15, -0.1) is 0 Å². The molecule has 0 unspecified atom stereocenters. The molecule has 0 bridgehead atoms. The van der Waals surface area contributed by atoms with E-state index < -0.39 is 0 Å². The molecule has 0 saturated heterocycles. The monoisotopic (exact) mass is 350 g/mol. The summed E-state index contributed by atoms with van der Waals surface area (Å²) in [4.78, 5) is 4.70. The Labute approximate surface area is 149 Å². The van der Waals surface area contributed by atoms with Crippen LogP contribution in [0, 0.1) is 0 Å². The van der Waals surface area contributed by atoms with Crippen LogP contribution >= 0.6 is 11.6 Å². The zero-order valence-corrected chi connectivity index (χ0v) is 14.2. The van der Waals surface area contributed by atoms with Crippen molar-refractivity contribution in [1.82, 2.24) is 4.98 Å². The van der Waals surface area contributed by atoms with Gasteiger partial charge in [0.2, 0.25) is 0 Å². The molecule has 1 heterocycles. The molecule has 0 aliphatic rings. The van der Waals surface area contributed by atoms with E-state index in [1.807, 2.05) is 42.5 Å². The maximum absolute atomic E-state index is 9.75. The zero-order chi connectivity index (χ0) is 17.4. The van der Waals surface area contributed by atoms with Crippen molar-refractivity contribution < 1.29 is 9.84 Å². The molecule has 0 saturated carbocycles. The highest BCUT2D eigenvalue weighted by molar-refractivity contribution is 6.31. The van der Waals surface area contributed by atoms with E-state index in [2.05, 4.69) is 5.32 Å². The van der Waals surface area contributed by atoms with Gasteiger partial charge in [0.15, 0.2) is 0 Å². The van der Waals surface area contributed by atoms with E-state index >= 15 is 0 Å². The van der Waals surface area contributed by atoms with Crippen LogP contribution in [0.1, 0.15) is 0 Å². The highest BCUT2D eigenvalue weighted by atomic mass is 35.5. The minimum absolute atomic E-state index is 0.202. The summed E-state index contributed by atoms with van der Waals surface area (Å²) in [7, 11) is 1.64. The molecule has 124 valence electrons. The SMILES string of the molecule is COc1ccc2nc3cc(Cl)ccc3c(Nc3cccc(O)c3)c2c1. The summed E-state index contributed by atoms with van der Waals surface area (Å²) < 4.78 is 5.36. The second-order valence-corrected chi connectivity index (χ2v) is 6.14. The lowest BCUT2D eigenvalue weighted by atomic mass is 10.1. The van der Waals surface area contributed by atoms with Crippen LogP contribution in [0.15, 0.2) is 60.7 Å². The van der Waals surface area contributed by atoms with Crippen LogP contribution in [0.4, 0.5) is 11.4 Å². The van der Waals surface area contributed by atoms with Gasteiger partial charge in [-0.25, -0.2) is 4.98 Å². The topological polar surface area (TPSA) is 54.4 Å². The largest absolute Gasteiger partial charge is 0.508 e. The number of rotatable bonds is 3. The number of methoxy groups -OCH3 is 1. The normalized spacial score (nSPS) is 11.0. The Kier molecular flexibility index (Phi) is 3.82. The molecule has 25 heavy (non-hydrogen) atoms. The molecule has 0 aliphatic heterocycles. The van der Waals surface area contributed by atoms with Crippen molar-refractivity contribution in [3.05, 3.63) is 65.7 Å². The summed E-state index contributed by atoms with van der Waals surface area (Å²) in [6.45, 7) is 0. The number of aromatic nitrogens is 1. The van der Waals surface area contributed by atoms with Crippen molar-refractivity contribution in [2.45, 2.75) is 0 Å². The van der Waals surface area contributed by atoms with Crippen molar-refractivity contribution in [3.63, 3.8) is 0 Å². The van der Waals surface area contributed by atoms with E-state index in [1.54, 1.807) is 25.3 Å². The number of fused-ring (bicyclic) bond motifs is 2. The van der Waals surface area contributed by atoms with Crippen molar-refractivity contribution in [2.75, 3.05) is 12.4 Å². The highest BCUT2D eigenvalue weighted by Crippen LogP contribution is 2.36. The summed E-state index contributed by atoms with van der Waals surface area (Å²) in [5, 5.41) is 15.7. The van der Waals surface area contributed by atoms with E-state index in [1.165, 1.54) is 0 Å². The molecule has 0 atom stereocenters. The minimum Gasteiger partial charge on any atom is -0.508 e. The van der Waals surface area contributed by atoms with Crippen LogP contribution in [0.5, 0.6) is 11.5 Å². The average molecular weight is 351 g/mol. The van der Waals surface area contributed by atoms with E-state index in [0.717, 1.165) is 38.9 Å². The number of benzene rings is 3. The molecule has 2 N–H and O–H groups in total. The molecule has 0 radical (unpaired) electrons. The fourth-order valence-corrected chi connectivity index (χ4v) is 3.05. The van der Waals surface area contributed by atoms with Gasteiger partial charge >= 0.3 is 0 Å². The van der Waals surface area contributed by atoms with Crippen molar-refractivity contribution in [3.8, 4) is 11.5 Å². The number of nitrogens with one attached hydrogen (secondary N) is 1. The first-order valence-corrected chi connectivity index (χ1v) is 8.15. The lowest BCUT2D eigenvalue weighted by molar-refractivity contribution is 0.415. The van der Waals surface area contributed by atoms with E-state index in [-0.39, 0.29) is 5.75 Å². The molecule has 4 rings (SSSR count). The lowest BCUT2D eigenvalue weighted by Crippen LogP contribution is -1.96. The number of hydrogen-bond donors (Lipinski definition) is 2. The van der Waals surface area contributed by atoms with Gasteiger partial charge in [0.1, 0.15) is 11.5 Å². The number of hydrogen-bond acceptors (Lipinski definition) is 4. The molecule has 4 aromatic rings. The molecule has 1 aromatic heterocycles. The number of phenolic OH excluding ortho intramolecular Hbond substituents is 1. The Morgan fingerprint density at radius 1 is 0.960 bits per heavy atom. The Morgan fingerprint density at radius 3 is 2.64 bits per heavy atom. The average Bonchev–Trinajstić information content (AvgIpc) is 2.61. The maximum atomic E-state index is 9.75. The number of halogens is 1. The summed E-state index contributed by atoms with van der Waals surface area (Å²) in [6, 6.07) is 18.4. The van der Waals surface area contributed by atoms with E-state index in [0.29, 0.717) is 5.02 Å². The predicted octanol–water partition coefficient (Wildman–Crippen LogP) is 5.50. The Morgan fingerprint density at radius 2 is 1.84 bits per heavy atom. The third-order valence-corrected chi connectivity index (χ3v) is 4.29. The minimum atomic E-state index is 0.202. The molecular weight excluding hydrogens is 336 g/mol. The second kappa shape index (κ2) is 6.15. The van der Waals surface area contributed by atoms with E-state index in [4.69, 9.17) is 21.3 Å². The molecule has 3 aromatic carbocycles. The summed E-state index contributed by atoms with van der Waals surface area (Å²) >= 11 is 6.14. The van der Waals surface area contributed by atoms with Crippen LogP contribution in [0.25, 0.3) is 21.8 Å². The first-order valence-electron chi connectivity index (χ1n) is 7.77. The number of nitrogens with zero attached hydrogens (tertiary/aromatic N) is 1. The smallest absolute Gasteiger partial charge is 0.119 e. The number of phenols is 1.